The monoisotopic (exact) mass is 472 g/mol. The Morgan fingerprint density at radius 3 is 2.19 bits per heavy atom. The van der Waals surface area contributed by atoms with Gasteiger partial charge in [-0.2, -0.15) is 12.6 Å². The zero-order valence-electron chi connectivity index (χ0n) is 18.2. The van der Waals surface area contributed by atoms with Gasteiger partial charge in [0.1, 0.15) is 18.1 Å². The van der Waals surface area contributed by atoms with Crippen LogP contribution in [-0.2, 0) is 25.6 Å². The Morgan fingerprint density at radius 1 is 1.09 bits per heavy atom. The number of hydrogen-bond acceptors (Lipinski definition) is 8. The Kier molecular flexibility index (Phi) is 11.2. The maximum absolute atomic E-state index is 12.6. The number of aliphatic hydroxyl groups excluding tert-OH is 1. The highest BCUT2D eigenvalue weighted by atomic mass is 32.1. The van der Waals surface area contributed by atoms with Crippen LogP contribution in [0.25, 0.3) is 0 Å². The van der Waals surface area contributed by atoms with Gasteiger partial charge in [-0.3, -0.25) is 14.4 Å². The van der Waals surface area contributed by atoms with Crippen molar-refractivity contribution in [3.8, 4) is 0 Å². The van der Waals surface area contributed by atoms with Crippen molar-refractivity contribution in [3.05, 3.63) is 18.2 Å². The fraction of sp³-hybridized carbons (Fsp3) is 0.632. The second-order valence-corrected chi connectivity index (χ2v) is 8.25. The summed E-state index contributed by atoms with van der Waals surface area (Å²) in [5, 5.41) is 26.5. The standard InChI is InChI=1S/C19H32N6O6S/c1-9(2)4-12(20)16(27)25-15(10(3)26)18(29)24-14(7-32)17(28)23-13(19(30)31)5-11-6-21-8-22-11/h6,8-10,12-15,26,32H,4-5,7,20H2,1-3H3,(H,21,22)(H,23,28)(H,24,29)(H,25,27)(H,30,31). The summed E-state index contributed by atoms with van der Waals surface area (Å²) in [6.45, 7) is 5.08. The number of nitrogens with one attached hydrogen (secondary N) is 4. The van der Waals surface area contributed by atoms with Gasteiger partial charge < -0.3 is 36.9 Å². The van der Waals surface area contributed by atoms with Crippen molar-refractivity contribution in [3.63, 3.8) is 0 Å². The van der Waals surface area contributed by atoms with Gasteiger partial charge in [0, 0.05) is 24.1 Å². The van der Waals surface area contributed by atoms with E-state index in [9.17, 15) is 29.4 Å². The van der Waals surface area contributed by atoms with Crippen LogP contribution in [-0.4, -0.2) is 79.9 Å². The average Bonchev–Trinajstić information content (AvgIpc) is 3.21. The molecule has 0 bridgehead atoms. The van der Waals surface area contributed by atoms with Gasteiger partial charge in [-0.1, -0.05) is 13.8 Å². The van der Waals surface area contributed by atoms with Gasteiger partial charge in [-0.05, 0) is 19.3 Å². The first-order valence-corrected chi connectivity index (χ1v) is 10.7. The van der Waals surface area contributed by atoms with Crippen LogP contribution < -0.4 is 21.7 Å². The molecule has 0 spiro atoms. The van der Waals surface area contributed by atoms with E-state index < -0.39 is 54.0 Å². The topological polar surface area (TPSA) is 200 Å². The summed E-state index contributed by atoms with van der Waals surface area (Å²) in [5.74, 6) is -3.51. The third-order valence-corrected chi connectivity index (χ3v) is 4.90. The van der Waals surface area contributed by atoms with E-state index in [0.29, 0.717) is 12.1 Å². The van der Waals surface area contributed by atoms with E-state index in [-0.39, 0.29) is 18.1 Å². The first-order valence-electron chi connectivity index (χ1n) is 10.1. The summed E-state index contributed by atoms with van der Waals surface area (Å²) in [6.07, 6.45) is 1.87. The number of hydrogen-bond donors (Lipinski definition) is 8. The van der Waals surface area contributed by atoms with E-state index in [1.54, 1.807) is 0 Å². The van der Waals surface area contributed by atoms with Gasteiger partial charge in [0.25, 0.3) is 0 Å². The minimum atomic E-state index is -1.36. The zero-order chi connectivity index (χ0) is 24.4. The van der Waals surface area contributed by atoms with Crippen LogP contribution in [0.2, 0.25) is 0 Å². The minimum Gasteiger partial charge on any atom is -0.480 e. The van der Waals surface area contributed by atoms with Crippen molar-refractivity contribution in [2.45, 2.75) is 63.9 Å². The van der Waals surface area contributed by atoms with Crippen LogP contribution in [0.3, 0.4) is 0 Å². The fourth-order valence-electron chi connectivity index (χ4n) is 2.82. The summed E-state index contributed by atoms with van der Waals surface area (Å²) in [5.41, 5.74) is 6.32. The highest BCUT2D eigenvalue weighted by Gasteiger charge is 2.32. The SMILES string of the molecule is CC(C)CC(N)C(=O)NC(C(=O)NC(CS)C(=O)NC(Cc1cnc[nH]1)C(=O)O)C(C)O. The maximum atomic E-state index is 12.6. The number of aromatic nitrogens is 2. The number of nitrogens with zero attached hydrogens (tertiary/aromatic N) is 1. The summed E-state index contributed by atoms with van der Waals surface area (Å²) in [7, 11) is 0. The number of thiol groups is 1. The van der Waals surface area contributed by atoms with E-state index in [1.807, 2.05) is 13.8 Å². The Labute approximate surface area is 191 Å². The number of aliphatic carboxylic acids is 1. The van der Waals surface area contributed by atoms with Gasteiger partial charge in [-0.25, -0.2) is 9.78 Å². The summed E-state index contributed by atoms with van der Waals surface area (Å²) >= 11 is 4.04. The molecular weight excluding hydrogens is 440 g/mol. The molecule has 3 amide bonds. The van der Waals surface area contributed by atoms with Gasteiger partial charge in [0.2, 0.25) is 17.7 Å². The number of rotatable bonds is 13. The Morgan fingerprint density at radius 2 is 1.72 bits per heavy atom. The maximum Gasteiger partial charge on any atom is 0.326 e. The molecule has 0 radical (unpaired) electrons. The molecule has 180 valence electrons. The fourth-order valence-corrected chi connectivity index (χ4v) is 3.08. The number of aliphatic hydroxyl groups is 1. The molecule has 5 unspecified atom stereocenters. The molecule has 13 heteroatoms. The lowest BCUT2D eigenvalue weighted by atomic mass is 10.0. The van der Waals surface area contributed by atoms with Crippen LogP contribution in [0.5, 0.6) is 0 Å². The van der Waals surface area contributed by atoms with E-state index in [4.69, 9.17) is 5.73 Å². The van der Waals surface area contributed by atoms with E-state index in [0.717, 1.165) is 0 Å². The molecular formula is C19H32N6O6S. The van der Waals surface area contributed by atoms with Gasteiger partial charge in [0.05, 0.1) is 18.5 Å². The molecule has 1 aromatic heterocycles. The largest absolute Gasteiger partial charge is 0.480 e. The third kappa shape index (κ3) is 8.85. The average molecular weight is 473 g/mol. The normalized spacial score (nSPS) is 15.8. The van der Waals surface area contributed by atoms with Crippen LogP contribution in [0.1, 0.15) is 32.9 Å². The van der Waals surface area contributed by atoms with Crippen molar-refractivity contribution in [1.29, 1.82) is 0 Å². The van der Waals surface area contributed by atoms with Crippen LogP contribution in [0, 0.1) is 5.92 Å². The van der Waals surface area contributed by atoms with Gasteiger partial charge in [-0.15, -0.1) is 0 Å². The lowest BCUT2D eigenvalue weighted by Gasteiger charge is -2.26. The number of carboxylic acids is 1. The minimum absolute atomic E-state index is 0.0472. The smallest absolute Gasteiger partial charge is 0.326 e. The Balaban J connectivity index is 2.80. The van der Waals surface area contributed by atoms with Crippen LogP contribution in [0.4, 0.5) is 0 Å². The number of nitrogens with two attached hydrogens (primary N) is 1. The Hall–Kier alpha value is -2.64. The summed E-state index contributed by atoms with van der Waals surface area (Å²) in [6, 6.07) is -4.72. The highest BCUT2D eigenvalue weighted by Crippen LogP contribution is 2.05. The number of H-pyrrole nitrogens is 1. The van der Waals surface area contributed by atoms with Gasteiger partial charge >= 0.3 is 5.97 Å². The first kappa shape index (κ1) is 27.4. The highest BCUT2D eigenvalue weighted by molar-refractivity contribution is 7.80. The lowest BCUT2D eigenvalue weighted by molar-refractivity contribution is -0.142. The lowest BCUT2D eigenvalue weighted by Crippen LogP contribution is -2.60. The van der Waals surface area contributed by atoms with E-state index >= 15 is 0 Å². The third-order valence-electron chi connectivity index (χ3n) is 4.53. The predicted octanol–water partition coefficient (Wildman–Crippen LogP) is -1.82. The molecule has 5 atom stereocenters. The summed E-state index contributed by atoms with van der Waals surface area (Å²) < 4.78 is 0. The molecule has 0 aliphatic carbocycles. The van der Waals surface area contributed by atoms with Crippen molar-refractivity contribution >= 4 is 36.3 Å². The number of imidazole rings is 1. The number of amides is 3. The second-order valence-electron chi connectivity index (χ2n) is 7.89. The van der Waals surface area contributed by atoms with Crippen LogP contribution in [0.15, 0.2) is 12.5 Å². The molecule has 0 aliphatic rings. The first-order chi connectivity index (χ1) is 15.0. The molecule has 1 aromatic rings. The van der Waals surface area contributed by atoms with E-state index in [2.05, 4.69) is 38.5 Å². The molecule has 0 saturated heterocycles. The zero-order valence-corrected chi connectivity index (χ0v) is 19.1. The second kappa shape index (κ2) is 13.0. The quantitative estimate of drug-likeness (QED) is 0.153. The molecule has 32 heavy (non-hydrogen) atoms. The number of carboxylic acid groups (broad SMARTS) is 1. The summed E-state index contributed by atoms with van der Waals surface area (Å²) in [4.78, 5) is 55.5. The molecule has 12 nitrogen and oxygen atoms in total. The predicted molar refractivity (Wildman–Crippen MR) is 119 cm³/mol. The molecule has 0 saturated carbocycles. The molecule has 0 aliphatic heterocycles. The van der Waals surface area contributed by atoms with Crippen molar-refractivity contribution in [2.24, 2.45) is 11.7 Å². The Bertz CT molecular complexity index is 772. The molecule has 0 aromatic carbocycles. The van der Waals surface area contributed by atoms with Crippen molar-refractivity contribution in [2.75, 3.05) is 5.75 Å². The van der Waals surface area contributed by atoms with E-state index in [1.165, 1.54) is 19.4 Å². The molecule has 0 fully saturated rings. The molecule has 1 rings (SSSR count). The van der Waals surface area contributed by atoms with Crippen molar-refractivity contribution in [1.82, 2.24) is 25.9 Å². The van der Waals surface area contributed by atoms with Gasteiger partial charge in [0.15, 0.2) is 0 Å². The number of carbonyl (C=O) groups is 4. The molecule has 8 N–H and O–H groups in total. The number of carbonyl (C=O) groups excluding carboxylic acids is 3. The van der Waals surface area contributed by atoms with Crippen molar-refractivity contribution < 1.29 is 29.4 Å². The van der Waals surface area contributed by atoms with Crippen LogP contribution >= 0.6 is 12.6 Å². The number of aromatic amines is 1. The molecule has 1 heterocycles.